The van der Waals surface area contributed by atoms with Crippen LogP contribution >= 0.6 is 11.3 Å². The fraction of sp³-hybridized carbons (Fsp3) is 0.577. The summed E-state index contributed by atoms with van der Waals surface area (Å²) in [5.41, 5.74) is 2.39. The molecule has 1 saturated heterocycles. The largest absolute Gasteiger partial charge is 0.356 e. The van der Waals surface area contributed by atoms with E-state index in [9.17, 15) is 13.6 Å². The van der Waals surface area contributed by atoms with Gasteiger partial charge in [-0.15, -0.1) is 0 Å². The van der Waals surface area contributed by atoms with E-state index < -0.39 is 5.92 Å². The number of nitrogens with one attached hydrogen (secondary N) is 1. The summed E-state index contributed by atoms with van der Waals surface area (Å²) >= 11 is 1.80. The summed E-state index contributed by atoms with van der Waals surface area (Å²) < 4.78 is 27.0. The molecule has 1 unspecified atom stereocenters. The van der Waals surface area contributed by atoms with Gasteiger partial charge in [-0.1, -0.05) is 18.2 Å². The zero-order chi connectivity index (χ0) is 22.3. The molecule has 2 saturated carbocycles. The van der Waals surface area contributed by atoms with Crippen LogP contribution in [0.3, 0.4) is 0 Å². The van der Waals surface area contributed by atoms with Crippen molar-refractivity contribution < 1.29 is 13.6 Å². The van der Waals surface area contributed by atoms with Crippen LogP contribution in [0.15, 0.2) is 41.1 Å². The third-order valence-electron chi connectivity index (χ3n) is 7.90. The van der Waals surface area contributed by atoms with E-state index in [1.165, 1.54) is 37.3 Å². The van der Waals surface area contributed by atoms with E-state index in [0.717, 1.165) is 31.5 Å². The fourth-order valence-electron chi connectivity index (χ4n) is 5.98. The van der Waals surface area contributed by atoms with Crippen LogP contribution in [0.1, 0.15) is 55.2 Å². The summed E-state index contributed by atoms with van der Waals surface area (Å²) in [7, 11) is 0. The second-order valence-corrected chi connectivity index (χ2v) is 10.8. The minimum Gasteiger partial charge on any atom is -0.356 e. The zero-order valence-corrected chi connectivity index (χ0v) is 19.4. The van der Waals surface area contributed by atoms with Gasteiger partial charge < -0.3 is 5.32 Å². The molecule has 172 valence electrons. The molecule has 2 aromatic rings. The first-order chi connectivity index (χ1) is 15.4. The van der Waals surface area contributed by atoms with Gasteiger partial charge >= 0.3 is 0 Å². The number of thiophene rings is 1. The third kappa shape index (κ3) is 4.62. The topological polar surface area (TPSA) is 32.3 Å². The van der Waals surface area contributed by atoms with Crippen molar-refractivity contribution in [1.29, 1.82) is 0 Å². The first kappa shape index (κ1) is 22.0. The van der Waals surface area contributed by atoms with Gasteiger partial charge in [-0.2, -0.15) is 11.3 Å². The van der Waals surface area contributed by atoms with Crippen molar-refractivity contribution in [3.05, 3.63) is 57.8 Å². The number of piperidine rings is 1. The Labute approximate surface area is 193 Å². The molecule has 3 fully saturated rings. The monoisotopic (exact) mass is 458 g/mol. The van der Waals surface area contributed by atoms with Crippen LogP contribution in [0.4, 0.5) is 8.78 Å². The lowest BCUT2D eigenvalue weighted by Gasteiger charge is -2.35. The molecule has 3 atom stereocenters. The lowest BCUT2D eigenvalue weighted by molar-refractivity contribution is -0.123. The van der Waals surface area contributed by atoms with Crippen LogP contribution in [-0.4, -0.2) is 36.5 Å². The average molecular weight is 459 g/mol. The molecule has 2 heterocycles. The molecule has 1 aliphatic heterocycles. The van der Waals surface area contributed by atoms with Gasteiger partial charge in [0.1, 0.15) is 0 Å². The van der Waals surface area contributed by atoms with E-state index in [1.807, 2.05) is 6.07 Å². The highest BCUT2D eigenvalue weighted by Gasteiger charge is 2.59. The van der Waals surface area contributed by atoms with Crippen LogP contribution in [-0.2, 0) is 17.1 Å². The first-order valence-corrected chi connectivity index (χ1v) is 12.9. The van der Waals surface area contributed by atoms with E-state index in [2.05, 4.69) is 27.0 Å². The summed E-state index contributed by atoms with van der Waals surface area (Å²) in [5.74, 6) is -0.784. The molecular weight excluding hydrogens is 426 g/mol. The molecule has 0 radical (unpaired) electrons. The second kappa shape index (κ2) is 8.86. The Morgan fingerprint density at radius 2 is 1.91 bits per heavy atom. The molecule has 0 bridgehead atoms. The van der Waals surface area contributed by atoms with E-state index in [1.54, 1.807) is 23.5 Å². The maximum atomic E-state index is 13.5. The second-order valence-electron chi connectivity index (χ2n) is 10.00. The molecule has 0 spiro atoms. The van der Waals surface area contributed by atoms with E-state index in [-0.39, 0.29) is 17.4 Å². The Kier molecular flexibility index (Phi) is 6.10. The summed E-state index contributed by atoms with van der Waals surface area (Å²) in [6.45, 7) is 3.54. The molecule has 1 amide bonds. The maximum Gasteiger partial charge on any atom is 0.270 e. The van der Waals surface area contributed by atoms with E-state index in [0.29, 0.717) is 30.8 Å². The van der Waals surface area contributed by atoms with Crippen molar-refractivity contribution in [2.45, 2.75) is 56.9 Å². The summed E-state index contributed by atoms with van der Waals surface area (Å²) in [6.07, 6.45) is 5.68. The van der Waals surface area contributed by atoms with Gasteiger partial charge in [0, 0.05) is 44.1 Å². The number of fused-ring (bicyclic) bond motifs is 1. The number of likely N-dealkylation sites (tertiary alicyclic amines) is 1. The van der Waals surface area contributed by atoms with Crippen molar-refractivity contribution in [2.75, 3.05) is 19.6 Å². The number of carbonyl (C=O) groups excluding carboxylic acids is 1. The molecule has 5 rings (SSSR count). The molecular formula is C26H32F2N2OS. The number of carbonyl (C=O) groups is 1. The molecule has 3 aliphatic rings. The van der Waals surface area contributed by atoms with Gasteiger partial charge in [-0.3, -0.25) is 9.69 Å². The number of halogens is 2. The number of hydrogen-bond donors (Lipinski definition) is 1. The normalized spacial score (nSPS) is 30.2. The van der Waals surface area contributed by atoms with E-state index in [4.69, 9.17) is 0 Å². The number of alkyl halides is 2. The number of benzene rings is 1. The van der Waals surface area contributed by atoms with Gasteiger partial charge in [-0.05, 0) is 83.9 Å². The van der Waals surface area contributed by atoms with Crippen LogP contribution in [0, 0.1) is 17.8 Å². The number of nitrogens with zero attached hydrogens (tertiary/aromatic N) is 1. The maximum absolute atomic E-state index is 13.5. The van der Waals surface area contributed by atoms with Crippen molar-refractivity contribution in [3.8, 4) is 0 Å². The Morgan fingerprint density at radius 1 is 1.16 bits per heavy atom. The van der Waals surface area contributed by atoms with Gasteiger partial charge in [0.25, 0.3) is 5.92 Å². The Balaban J connectivity index is 1.04. The Hall–Kier alpha value is -1.79. The number of rotatable bonds is 7. The van der Waals surface area contributed by atoms with Crippen LogP contribution in [0.2, 0.25) is 0 Å². The average Bonchev–Trinajstić information content (AvgIpc) is 3.16. The fourth-order valence-corrected chi connectivity index (χ4v) is 6.72. The molecule has 1 aromatic heterocycles. The SMILES string of the molecule is CC(F)(F)c1cccc(CCNC(=O)C2[C@H]3CN(C4CCC(c5ccsc5)CC4)C[C@@H]23)c1. The van der Waals surface area contributed by atoms with E-state index >= 15 is 0 Å². The van der Waals surface area contributed by atoms with Gasteiger partial charge in [0.15, 0.2) is 0 Å². The van der Waals surface area contributed by atoms with Crippen molar-refractivity contribution in [2.24, 2.45) is 17.8 Å². The number of amides is 1. The summed E-state index contributed by atoms with van der Waals surface area (Å²) in [5, 5.41) is 7.53. The summed E-state index contributed by atoms with van der Waals surface area (Å²) in [4.78, 5) is 15.3. The molecule has 1 aromatic carbocycles. The standard InChI is InChI=1S/C26H32F2N2OS/c1-26(27,28)20-4-2-3-17(13-20)9-11-29-25(31)24-22-14-30(15-23(22)24)21-7-5-18(6-8-21)19-10-12-32-16-19/h2-4,10,12-13,16,18,21-24H,5-9,11,14-15H2,1H3,(H,29,31)/t18?,21?,22-,23+,24?. The Morgan fingerprint density at radius 3 is 2.56 bits per heavy atom. The smallest absolute Gasteiger partial charge is 0.270 e. The lowest BCUT2D eigenvalue weighted by Crippen LogP contribution is -2.39. The third-order valence-corrected chi connectivity index (χ3v) is 8.60. The quantitative estimate of drug-likeness (QED) is 0.601. The molecule has 3 nitrogen and oxygen atoms in total. The van der Waals surface area contributed by atoms with Crippen molar-refractivity contribution in [1.82, 2.24) is 10.2 Å². The molecule has 2 aliphatic carbocycles. The summed E-state index contributed by atoms with van der Waals surface area (Å²) in [6, 6.07) is 9.47. The van der Waals surface area contributed by atoms with Crippen molar-refractivity contribution >= 4 is 17.2 Å². The zero-order valence-electron chi connectivity index (χ0n) is 18.6. The highest BCUT2D eigenvalue weighted by molar-refractivity contribution is 7.07. The molecule has 32 heavy (non-hydrogen) atoms. The Bertz CT molecular complexity index is 922. The predicted octanol–water partition coefficient (Wildman–Crippen LogP) is 5.42. The van der Waals surface area contributed by atoms with Gasteiger partial charge in [-0.25, -0.2) is 8.78 Å². The number of hydrogen-bond acceptors (Lipinski definition) is 3. The molecule has 1 N–H and O–H groups in total. The van der Waals surface area contributed by atoms with Crippen LogP contribution < -0.4 is 5.32 Å². The molecule has 6 heteroatoms. The van der Waals surface area contributed by atoms with Gasteiger partial charge in [0.05, 0.1) is 0 Å². The van der Waals surface area contributed by atoms with Crippen LogP contribution in [0.25, 0.3) is 0 Å². The first-order valence-electron chi connectivity index (χ1n) is 11.9. The predicted molar refractivity (Wildman–Crippen MR) is 124 cm³/mol. The minimum absolute atomic E-state index is 0.0301. The highest BCUT2D eigenvalue weighted by Crippen LogP contribution is 2.53. The lowest BCUT2D eigenvalue weighted by atomic mass is 9.82. The van der Waals surface area contributed by atoms with Crippen molar-refractivity contribution in [3.63, 3.8) is 0 Å². The highest BCUT2D eigenvalue weighted by atomic mass is 32.1. The minimum atomic E-state index is -2.83. The van der Waals surface area contributed by atoms with Gasteiger partial charge in [0.2, 0.25) is 5.91 Å². The van der Waals surface area contributed by atoms with Crippen LogP contribution in [0.5, 0.6) is 0 Å².